The van der Waals surface area contributed by atoms with Crippen molar-refractivity contribution < 1.29 is 9.21 Å². The van der Waals surface area contributed by atoms with E-state index in [1.165, 1.54) is 17.4 Å². The third-order valence-electron chi connectivity index (χ3n) is 3.35. The van der Waals surface area contributed by atoms with Gasteiger partial charge >= 0.3 is 0 Å². The van der Waals surface area contributed by atoms with Crippen molar-refractivity contribution in [3.8, 4) is 11.5 Å². The average molecular weight is 352 g/mol. The molecule has 3 heterocycles. The lowest BCUT2D eigenvalue weighted by molar-refractivity contribution is -0.111. The maximum atomic E-state index is 11.9. The highest BCUT2D eigenvalue weighted by Gasteiger charge is 2.11. The Morgan fingerprint density at radius 2 is 2.08 bits per heavy atom. The first-order valence-electron chi connectivity index (χ1n) is 7.25. The minimum absolute atomic E-state index is 0.200. The molecule has 0 saturated carbocycles. The molecule has 0 bridgehead atoms. The minimum atomic E-state index is -0.200. The lowest BCUT2D eigenvalue weighted by Gasteiger charge is -1.95. The van der Waals surface area contributed by atoms with Crippen LogP contribution in [0.4, 0.5) is 5.13 Å². The van der Waals surface area contributed by atoms with E-state index >= 15 is 0 Å². The molecule has 24 heavy (non-hydrogen) atoms. The molecule has 0 saturated heterocycles. The highest BCUT2D eigenvalue weighted by atomic mass is 32.1. The smallest absolute Gasteiger partial charge is 0.250 e. The lowest BCUT2D eigenvalue weighted by atomic mass is 10.2. The second-order valence-corrected chi connectivity index (χ2v) is 6.86. The zero-order valence-corrected chi connectivity index (χ0v) is 14.1. The molecule has 0 radical (unpaired) electrons. The number of benzene rings is 1. The van der Waals surface area contributed by atoms with E-state index in [0.717, 1.165) is 15.8 Å². The third kappa shape index (κ3) is 3.15. The Kier molecular flexibility index (Phi) is 3.98. The minimum Gasteiger partial charge on any atom is -0.454 e. The molecule has 0 aliphatic carbocycles. The van der Waals surface area contributed by atoms with Gasteiger partial charge < -0.3 is 4.42 Å². The fourth-order valence-electron chi connectivity index (χ4n) is 2.24. The summed E-state index contributed by atoms with van der Waals surface area (Å²) in [5.41, 5.74) is 1.54. The zero-order chi connectivity index (χ0) is 16.4. The van der Waals surface area contributed by atoms with Crippen LogP contribution < -0.4 is 5.32 Å². The van der Waals surface area contributed by atoms with Gasteiger partial charge in [0.2, 0.25) is 5.91 Å². The normalized spacial score (nSPS) is 11.3. The van der Waals surface area contributed by atoms with Gasteiger partial charge in [-0.05, 0) is 29.7 Å². The molecule has 4 aromatic rings. The number of carbonyl (C=O) groups is 1. The molecule has 0 unspecified atom stereocenters. The first-order chi connectivity index (χ1) is 11.8. The van der Waals surface area contributed by atoms with Crippen molar-refractivity contribution in [3.05, 3.63) is 64.2 Å². The van der Waals surface area contributed by atoms with Gasteiger partial charge in [-0.2, -0.15) is 0 Å². The summed E-state index contributed by atoms with van der Waals surface area (Å²) in [5.74, 6) is 0.496. The number of amides is 1. The van der Waals surface area contributed by atoms with E-state index in [2.05, 4.69) is 10.3 Å². The van der Waals surface area contributed by atoms with Crippen molar-refractivity contribution in [2.75, 3.05) is 5.32 Å². The third-order valence-corrected chi connectivity index (χ3v) is 4.95. The van der Waals surface area contributed by atoms with Crippen molar-refractivity contribution in [1.29, 1.82) is 0 Å². The number of nitrogens with zero attached hydrogens (tertiary/aromatic N) is 1. The van der Waals surface area contributed by atoms with Gasteiger partial charge in [0.15, 0.2) is 10.9 Å². The van der Waals surface area contributed by atoms with Crippen molar-refractivity contribution in [2.24, 2.45) is 0 Å². The van der Waals surface area contributed by atoms with Crippen LogP contribution in [0.1, 0.15) is 4.88 Å². The van der Waals surface area contributed by atoms with Gasteiger partial charge in [0.25, 0.3) is 0 Å². The van der Waals surface area contributed by atoms with Gasteiger partial charge in [-0.25, -0.2) is 4.98 Å². The fraction of sp³-hybridized carbons (Fsp3) is 0. The number of nitrogens with one attached hydrogen (secondary N) is 1. The first kappa shape index (κ1) is 14.9. The van der Waals surface area contributed by atoms with Crippen molar-refractivity contribution in [1.82, 2.24) is 4.98 Å². The molecule has 118 valence electrons. The van der Waals surface area contributed by atoms with Gasteiger partial charge in [-0.15, -0.1) is 22.7 Å². The number of rotatable bonds is 4. The molecule has 4 rings (SSSR count). The van der Waals surface area contributed by atoms with E-state index in [1.54, 1.807) is 17.4 Å². The molecule has 1 aromatic carbocycles. The Hall–Kier alpha value is -2.70. The highest BCUT2D eigenvalue weighted by Crippen LogP contribution is 2.30. The SMILES string of the molecule is O=C(C=Cc1cccs1)Nc1nc(-c2cc3ccccc3o2)cs1. The number of aromatic nitrogens is 1. The maximum Gasteiger partial charge on any atom is 0.250 e. The standard InChI is InChI=1S/C18H12N2O2S2/c21-17(8-7-13-5-3-9-23-13)20-18-19-14(11-24-18)16-10-12-4-1-2-6-15(12)22-16/h1-11H,(H,19,20,21). The molecule has 0 aliphatic rings. The summed E-state index contributed by atoms with van der Waals surface area (Å²) in [4.78, 5) is 17.4. The number of carbonyl (C=O) groups excluding carboxylic acids is 1. The van der Waals surface area contributed by atoms with Crippen molar-refractivity contribution >= 4 is 50.8 Å². The molecule has 4 nitrogen and oxygen atoms in total. The summed E-state index contributed by atoms with van der Waals surface area (Å²) >= 11 is 2.95. The number of hydrogen-bond donors (Lipinski definition) is 1. The second kappa shape index (κ2) is 6.43. The first-order valence-corrected chi connectivity index (χ1v) is 9.01. The largest absolute Gasteiger partial charge is 0.454 e. The average Bonchev–Trinajstić information content (AvgIpc) is 3.32. The van der Waals surface area contributed by atoms with Crippen molar-refractivity contribution in [2.45, 2.75) is 0 Å². The van der Waals surface area contributed by atoms with Crippen LogP contribution in [0, 0.1) is 0 Å². The molecule has 1 N–H and O–H groups in total. The Labute approximate surface area is 146 Å². The van der Waals surface area contributed by atoms with Crippen LogP contribution in [0.25, 0.3) is 28.5 Å². The van der Waals surface area contributed by atoms with Crippen LogP contribution in [-0.2, 0) is 4.79 Å². The summed E-state index contributed by atoms with van der Waals surface area (Å²) < 4.78 is 5.79. The summed E-state index contributed by atoms with van der Waals surface area (Å²) in [6.07, 6.45) is 3.29. The van der Waals surface area contributed by atoms with Gasteiger partial charge in [0.1, 0.15) is 11.3 Å². The number of thiazole rings is 1. The summed E-state index contributed by atoms with van der Waals surface area (Å²) in [7, 11) is 0. The fourth-order valence-corrected chi connectivity index (χ4v) is 3.56. The molecule has 1 amide bonds. The van der Waals surface area contributed by atoms with E-state index in [-0.39, 0.29) is 5.91 Å². The second-order valence-electron chi connectivity index (χ2n) is 5.02. The Balaban J connectivity index is 1.49. The molecule has 0 spiro atoms. The molecule has 3 aromatic heterocycles. The number of furan rings is 1. The Bertz CT molecular complexity index is 980. The van der Waals surface area contributed by atoms with Crippen LogP contribution in [-0.4, -0.2) is 10.9 Å². The van der Waals surface area contributed by atoms with Crippen LogP contribution in [0.15, 0.2) is 63.7 Å². The van der Waals surface area contributed by atoms with E-state index in [9.17, 15) is 4.79 Å². The molecule has 0 atom stereocenters. The van der Waals surface area contributed by atoms with Crippen LogP contribution in [0.2, 0.25) is 0 Å². The Morgan fingerprint density at radius 3 is 2.92 bits per heavy atom. The number of para-hydroxylation sites is 1. The Morgan fingerprint density at radius 1 is 1.17 bits per heavy atom. The molecular weight excluding hydrogens is 340 g/mol. The highest BCUT2D eigenvalue weighted by molar-refractivity contribution is 7.14. The van der Waals surface area contributed by atoms with E-state index < -0.39 is 0 Å². The predicted octanol–water partition coefficient (Wildman–Crippen LogP) is 5.27. The lowest BCUT2D eigenvalue weighted by Crippen LogP contribution is -2.07. The zero-order valence-electron chi connectivity index (χ0n) is 12.4. The van der Waals surface area contributed by atoms with E-state index in [0.29, 0.717) is 16.6 Å². The van der Waals surface area contributed by atoms with Gasteiger partial charge in [-0.1, -0.05) is 24.3 Å². The molecule has 0 aliphatic heterocycles. The van der Waals surface area contributed by atoms with Crippen LogP contribution >= 0.6 is 22.7 Å². The summed E-state index contributed by atoms with van der Waals surface area (Å²) in [5, 5.41) is 8.19. The maximum absolute atomic E-state index is 11.9. The summed E-state index contributed by atoms with van der Waals surface area (Å²) in [6, 6.07) is 13.7. The van der Waals surface area contributed by atoms with Crippen LogP contribution in [0.3, 0.4) is 0 Å². The summed E-state index contributed by atoms with van der Waals surface area (Å²) in [6.45, 7) is 0. The topological polar surface area (TPSA) is 55.1 Å². The van der Waals surface area contributed by atoms with Gasteiger partial charge in [-0.3, -0.25) is 10.1 Å². The number of fused-ring (bicyclic) bond motifs is 1. The number of anilines is 1. The van der Waals surface area contributed by atoms with Gasteiger partial charge in [0.05, 0.1) is 0 Å². The monoisotopic (exact) mass is 352 g/mol. The molecule has 6 heteroatoms. The van der Waals surface area contributed by atoms with Crippen molar-refractivity contribution in [3.63, 3.8) is 0 Å². The predicted molar refractivity (Wildman–Crippen MR) is 99.3 cm³/mol. The number of hydrogen-bond acceptors (Lipinski definition) is 5. The number of thiophene rings is 1. The molecular formula is C18H12N2O2S2. The van der Waals surface area contributed by atoms with E-state index in [1.807, 2.05) is 53.2 Å². The molecule has 0 fully saturated rings. The van der Waals surface area contributed by atoms with Gasteiger partial charge in [0, 0.05) is 21.7 Å². The van der Waals surface area contributed by atoms with Crippen LogP contribution in [0.5, 0.6) is 0 Å². The quantitative estimate of drug-likeness (QED) is 0.509. The van der Waals surface area contributed by atoms with E-state index in [4.69, 9.17) is 4.42 Å².